The molecule has 2 rings (SSSR count). The third kappa shape index (κ3) is 9.94. The van der Waals surface area contributed by atoms with Crippen LogP contribution in [0.25, 0.3) is 0 Å². The lowest BCUT2D eigenvalue weighted by Gasteiger charge is -2.19. The minimum absolute atomic E-state index is 0.181. The molecule has 1 aliphatic rings. The van der Waals surface area contributed by atoms with E-state index in [1.807, 2.05) is 13.8 Å². The summed E-state index contributed by atoms with van der Waals surface area (Å²) in [6.45, 7) is 6.32. The summed E-state index contributed by atoms with van der Waals surface area (Å²) in [4.78, 5) is 18.2. The van der Waals surface area contributed by atoms with Gasteiger partial charge >= 0.3 is 11.9 Å². The summed E-state index contributed by atoms with van der Waals surface area (Å²) in [6.07, 6.45) is -0.934. The summed E-state index contributed by atoms with van der Waals surface area (Å²) in [5, 5.41) is 27.8. The Balaban J connectivity index is 0.000000612. The Hall–Kier alpha value is -2.60. The predicted molar refractivity (Wildman–Crippen MR) is 99.2 cm³/mol. The van der Waals surface area contributed by atoms with E-state index < -0.39 is 18.0 Å². The van der Waals surface area contributed by atoms with Crippen LogP contribution >= 0.6 is 0 Å². The highest BCUT2D eigenvalue weighted by Crippen LogP contribution is 2.35. The molecule has 0 aromatic heterocycles. The van der Waals surface area contributed by atoms with Crippen LogP contribution in [0.2, 0.25) is 0 Å². The fourth-order valence-electron chi connectivity index (χ4n) is 2.12. The first-order chi connectivity index (χ1) is 13.9. The first kappa shape index (κ1) is 24.4. The van der Waals surface area contributed by atoms with Crippen molar-refractivity contribution in [1.29, 1.82) is 0 Å². The van der Waals surface area contributed by atoms with Crippen molar-refractivity contribution in [3.63, 3.8) is 0 Å². The monoisotopic (exact) mass is 417 g/mol. The van der Waals surface area contributed by atoms with E-state index in [0.29, 0.717) is 43.6 Å². The van der Waals surface area contributed by atoms with Crippen molar-refractivity contribution < 1.29 is 48.6 Å². The molecule has 0 amide bonds. The summed E-state index contributed by atoms with van der Waals surface area (Å²) in [5.41, 5.74) is 0. The minimum atomic E-state index is -1.82. The summed E-state index contributed by atoms with van der Waals surface area (Å²) in [7, 11) is 0. The van der Waals surface area contributed by atoms with E-state index in [9.17, 15) is 5.11 Å². The second-order valence-electron chi connectivity index (χ2n) is 5.59. The van der Waals surface area contributed by atoms with Gasteiger partial charge in [0.25, 0.3) is 0 Å². The zero-order valence-corrected chi connectivity index (χ0v) is 16.3. The molecule has 1 aliphatic heterocycles. The van der Waals surface area contributed by atoms with Crippen LogP contribution in [0, 0.1) is 0 Å². The number of nitrogens with one attached hydrogen (secondary N) is 1. The smallest absolute Gasteiger partial charge is 0.414 e. The molecule has 11 nitrogen and oxygen atoms in total. The Labute approximate surface area is 168 Å². The van der Waals surface area contributed by atoms with Crippen LogP contribution in [-0.2, 0) is 19.1 Å². The fraction of sp³-hybridized carbons (Fsp3) is 0.556. The highest BCUT2D eigenvalue weighted by atomic mass is 16.7. The van der Waals surface area contributed by atoms with Gasteiger partial charge in [0.15, 0.2) is 17.8 Å². The number of carboxylic acid groups (broad SMARTS) is 2. The van der Waals surface area contributed by atoms with Gasteiger partial charge in [-0.1, -0.05) is 0 Å². The van der Waals surface area contributed by atoms with Crippen molar-refractivity contribution in [3.05, 3.63) is 18.2 Å². The van der Waals surface area contributed by atoms with Gasteiger partial charge in [-0.15, -0.1) is 0 Å². The Morgan fingerprint density at radius 1 is 1.07 bits per heavy atom. The lowest BCUT2D eigenvalue weighted by molar-refractivity contribution is -0.159. The van der Waals surface area contributed by atoms with Gasteiger partial charge in [0.2, 0.25) is 6.79 Å². The first-order valence-electron chi connectivity index (χ1n) is 8.97. The van der Waals surface area contributed by atoms with Gasteiger partial charge in [0, 0.05) is 32.4 Å². The van der Waals surface area contributed by atoms with Gasteiger partial charge in [-0.2, -0.15) is 0 Å². The van der Waals surface area contributed by atoms with Crippen molar-refractivity contribution >= 4 is 11.9 Å². The molecule has 11 heteroatoms. The topological polar surface area (TPSA) is 153 Å². The number of fused-ring (bicyclic) bond motifs is 1. The number of aliphatic carboxylic acids is 2. The number of hydrogen-bond donors (Lipinski definition) is 4. The first-order valence-corrected chi connectivity index (χ1v) is 8.97. The number of carboxylic acids is 2. The third-order valence-electron chi connectivity index (χ3n) is 3.37. The normalized spacial score (nSPS) is 12.8. The SMILES string of the molecule is CCOC(CNCC(O)COc1ccc2c(c1)OCO2)OCC.O=C(O)C(=O)O. The van der Waals surface area contributed by atoms with Crippen molar-refractivity contribution in [2.45, 2.75) is 26.2 Å². The van der Waals surface area contributed by atoms with Gasteiger partial charge in [-0.25, -0.2) is 9.59 Å². The molecule has 1 heterocycles. The highest BCUT2D eigenvalue weighted by molar-refractivity contribution is 6.27. The molecule has 1 unspecified atom stereocenters. The van der Waals surface area contributed by atoms with Crippen LogP contribution in [-0.4, -0.2) is 79.4 Å². The van der Waals surface area contributed by atoms with Gasteiger partial charge in [-0.05, 0) is 26.0 Å². The van der Waals surface area contributed by atoms with Crippen LogP contribution < -0.4 is 19.5 Å². The molecule has 0 saturated heterocycles. The Morgan fingerprint density at radius 2 is 1.69 bits per heavy atom. The summed E-state index contributed by atoms with van der Waals surface area (Å²) >= 11 is 0. The van der Waals surface area contributed by atoms with E-state index >= 15 is 0 Å². The molecule has 0 radical (unpaired) electrons. The molecular weight excluding hydrogens is 390 g/mol. The number of carbonyl (C=O) groups is 2. The molecule has 1 aromatic rings. The van der Waals surface area contributed by atoms with Gasteiger partial charge in [0.1, 0.15) is 18.5 Å². The lowest BCUT2D eigenvalue weighted by Crippen LogP contribution is -2.37. The van der Waals surface area contributed by atoms with E-state index in [2.05, 4.69) is 5.32 Å². The molecule has 164 valence electrons. The molecule has 0 saturated carbocycles. The molecular formula is C18H27NO10. The average Bonchev–Trinajstić information content (AvgIpc) is 3.15. The van der Waals surface area contributed by atoms with Gasteiger partial charge in [0.05, 0.1) is 0 Å². The number of ether oxygens (including phenoxy) is 5. The molecule has 1 aromatic carbocycles. The second-order valence-corrected chi connectivity index (χ2v) is 5.59. The van der Waals surface area contributed by atoms with Crippen LogP contribution in [0.15, 0.2) is 18.2 Å². The zero-order chi connectivity index (χ0) is 21.6. The lowest BCUT2D eigenvalue weighted by atomic mass is 10.3. The van der Waals surface area contributed by atoms with E-state index in [-0.39, 0.29) is 19.7 Å². The number of aliphatic hydroxyl groups excluding tert-OH is 1. The van der Waals surface area contributed by atoms with Gasteiger partial charge in [-0.3, -0.25) is 0 Å². The maximum absolute atomic E-state index is 9.95. The number of hydrogen-bond acceptors (Lipinski definition) is 9. The van der Waals surface area contributed by atoms with Crippen molar-refractivity contribution in [2.24, 2.45) is 0 Å². The zero-order valence-electron chi connectivity index (χ0n) is 16.3. The van der Waals surface area contributed by atoms with Crippen molar-refractivity contribution in [2.75, 3.05) is 39.7 Å². The summed E-state index contributed by atoms with van der Waals surface area (Å²) in [5.74, 6) is -1.65. The van der Waals surface area contributed by atoms with Crippen molar-refractivity contribution in [1.82, 2.24) is 5.32 Å². The Bertz CT molecular complexity index is 621. The maximum Gasteiger partial charge on any atom is 0.414 e. The van der Waals surface area contributed by atoms with Crippen LogP contribution in [0.1, 0.15) is 13.8 Å². The van der Waals surface area contributed by atoms with Crippen molar-refractivity contribution in [3.8, 4) is 17.2 Å². The summed E-state index contributed by atoms with van der Waals surface area (Å²) < 4.78 is 26.9. The van der Waals surface area contributed by atoms with Gasteiger partial charge < -0.3 is 44.3 Å². The molecule has 0 aliphatic carbocycles. The number of rotatable bonds is 11. The molecule has 0 bridgehead atoms. The molecule has 29 heavy (non-hydrogen) atoms. The average molecular weight is 417 g/mol. The predicted octanol–water partition coefficient (Wildman–Crippen LogP) is 0.299. The molecule has 0 spiro atoms. The van der Waals surface area contributed by atoms with Crippen LogP contribution in [0.3, 0.4) is 0 Å². The quantitative estimate of drug-likeness (QED) is 0.290. The summed E-state index contributed by atoms with van der Waals surface area (Å²) in [6, 6.07) is 5.33. The minimum Gasteiger partial charge on any atom is -0.491 e. The largest absolute Gasteiger partial charge is 0.491 e. The van der Waals surface area contributed by atoms with E-state index in [1.54, 1.807) is 18.2 Å². The second kappa shape index (κ2) is 13.6. The standard InChI is InChI=1S/C16H25NO6.C2H2O4/c1-3-19-16(20-4-2)9-17-8-12(18)10-21-13-5-6-14-15(7-13)23-11-22-14;3-1(4)2(5)6/h5-7,12,16-18H,3-4,8-11H2,1-2H3;(H,3,4)(H,5,6). The van der Waals surface area contributed by atoms with Crippen LogP contribution in [0.5, 0.6) is 17.2 Å². The third-order valence-corrected chi connectivity index (χ3v) is 3.37. The fourth-order valence-corrected chi connectivity index (χ4v) is 2.12. The van der Waals surface area contributed by atoms with E-state index in [0.717, 1.165) is 0 Å². The molecule has 0 fully saturated rings. The Kier molecular flexibility index (Phi) is 11.4. The molecule has 4 N–H and O–H groups in total. The van der Waals surface area contributed by atoms with Crippen LogP contribution in [0.4, 0.5) is 0 Å². The highest BCUT2D eigenvalue weighted by Gasteiger charge is 2.15. The molecule has 1 atom stereocenters. The number of aliphatic hydroxyl groups is 1. The van der Waals surface area contributed by atoms with E-state index in [1.165, 1.54) is 0 Å². The number of benzene rings is 1. The maximum atomic E-state index is 9.95. The van der Waals surface area contributed by atoms with E-state index in [4.69, 9.17) is 43.5 Å². The Morgan fingerprint density at radius 3 is 2.28 bits per heavy atom.